The van der Waals surface area contributed by atoms with Crippen molar-refractivity contribution >= 4 is 40.7 Å². The Morgan fingerprint density at radius 3 is 2.93 bits per heavy atom. The summed E-state index contributed by atoms with van der Waals surface area (Å²) in [5, 5.41) is 0.384. The van der Waals surface area contributed by atoms with E-state index in [0.29, 0.717) is 27.6 Å². The van der Waals surface area contributed by atoms with Crippen LogP contribution in [-0.2, 0) is 0 Å². The second kappa shape index (κ2) is 3.23. The Morgan fingerprint density at radius 2 is 2.21 bits per heavy atom. The number of nitrogens with two attached hydrogens (primary N) is 1. The summed E-state index contributed by atoms with van der Waals surface area (Å²) in [6.07, 6.45) is 1.53. The minimum Gasteiger partial charge on any atom is -0.396 e. The van der Waals surface area contributed by atoms with Crippen LogP contribution < -0.4 is 5.73 Å². The molecular weight excluding hydrogens is 200 g/mol. The van der Waals surface area contributed by atoms with Crippen molar-refractivity contribution in [2.75, 3.05) is 5.73 Å². The molecule has 0 radical (unpaired) electrons. The fraction of sp³-hybridized carbons (Fsp3) is 0. The van der Waals surface area contributed by atoms with Crippen molar-refractivity contribution in [2.45, 2.75) is 0 Å². The number of hydrogen-bond acceptors (Lipinski definition) is 4. The van der Waals surface area contributed by atoms with Gasteiger partial charge in [0.05, 0.1) is 17.4 Å². The second-order valence-corrected chi connectivity index (χ2v) is 3.11. The molecule has 0 atom stereocenters. The number of fused-ring (bicyclic) bond motifs is 1. The number of pyridine rings is 2. The van der Waals surface area contributed by atoms with E-state index in [1.807, 2.05) is 0 Å². The topological polar surface area (TPSA) is 64.2 Å². The van der Waals surface area contributed by atoms with Gasteiger partial charge in [-0.05, 0) is 18.9 Å². The molecule has 0 saturated heterocycles. The molecule has 0 spiro atoms. The highest BCUT2D eigenvalue weighted by molar-refractivity contribution is 6.29. The molecule has 70 valence electrons. The predicted octanol–water partition coefficient (Wildman–Crippen LogP) is 2.20. The molecule has 0 fully saturated rings. The van der Waals surface area contributed by atoms with Crippen LogP contribution in [0.4, 0.5) is 11.4 Å². The van der Waals surface area contributed by atoms with Gasteiger partial charge in [0.25, 0.3) is 0 Å². The Kier molecular flexibility index (Phi) is 2.05. The van der Waals surface area contributed by atoms with Gasteiger partial charge in [-0.3, -0.25) is 9.98 Å². The average molecular weight is 207 g/mol. The van der Waals surface area contributed by atoms with Gasteiger partial charge in [-0.2, -0.15) is 0 Å². The molecule has 4 nitrogen and oxygen atoms in total. The summed E-state index contributed by atoms with van der Waals surface area (Å²) in [5.74, 6) is 0. The molecule has 0 aromatic carbocycles. The maximum Gasteiger partial charge on any atom is 0.130 e. The molecule has 0 amide bonds. The van der Waals surface area contributed by atoms with Crippen LogP contribution in [0.1, 0.15) is 0 Å². The summed E-state index contributed by atoms with van der Waals surface area (Å²) in [6.45, 7) is 3.43. The summed E-state index contributed by atoms with van der Waals surface area (Å²) >= 11 is 5.76. The van der Waals surface area contributed by atoms with Gasteiger partial charge in [-0.15, -0.1) is 0 Å². The number of nitrogens with zero attached hydrogens (tertiary/aromatic N) is 3. The van der Waals surface area contributed by atoms with Crippen molar-refractivity contribution in [3.05, 3.63) is 23.5 Å². The molecule has 0 bridgehead atoms. The summed E-state index contributed by atoms with van der Waals surface area (Å²) in [4.78, 5) is 12.0. The number of aliphatic imine (C=N–C) groups is 1. The Morgan fingerprint density at radius 1 is 1.43 bits per heavy atom. The van der Waals surface area contributed by atoms with Crippen molar-refractivity contribution < 1.29 is 0 Å². The predicted molar refractivity (Wildman–Crippen MR) is 58.2 cm³/mol. The molecule has 0 aliphatic heterocycles. The van der Waals surface area contributed by atoms with Gasteiger partial charge in [0.1, 0.15) is 16.4 Å². The van der Waals surface area contributed by atoms with E-state index in [4.69, 9.17) is 17.3 Å². The molecule has 0 unspecified atom stereocenters. The normalized spacial score (nSPS) is 10.4. The molecule has 0 aliphatic rings. The lowest BCUT2D eigenvalue weighted by atomic mass is 10.2. The minimum absolute atomic E-state index is 0.384. The third-order valence-electron chi connectivity index (χ3n) is 1.84. The average Bonchev–Trinajstić information content (AvgIpc) is 2.17. The van der Waals surface area contributed by atoms with Gasteiger partial charge in [-0.1, -0.05) is 11.6 Å². The van der Waals surface area contributed by atoms with Gasteiger partial charge in [-0.25, -0.2) is 4.98 Å². The molecule has 0 aliphatic carbocycles. The van der Waals surface area contributed by atoms with E-state index in [-0.39, 0.29) is 0 Å². The Balaban J connectivity index is 2.91. The number of halogens is 1. The summed E-state index contributed by atoms with van der Waals surface area (Å²) in [5.41, 5.74) is 7.92. The first-order valence-electron chi connectivity index (χ1n) is 3.90. The van der Waals surface area contributed by atoms with E-state index in [1.165, 1.54) is 6.20 Å². The van der Waals surface area contributed by atoms with Crippen molar-refractivity contribution in [3.8, 4) is 0 Å². The standard InChI is InChI=1S/C9H7ClN4/c1-12-8-5(11)4-13-6-2-3-7(10)14-9(6)8/h2-4H,1,11H2. The third-order valence-corrected chi connectivity index (χ3v) is 2.05. The van der Waals surface area contributed by atoms with Gasteiger partial charge in [0.2, 0.25) is 0 Å². The highest BCUT2D eigenvalue weighted by Gasteiger charge is 2.06. The number of rotatable bonds is 1. The van der Waals surface area contributed by atoms with Gasteiger partial charge < -0.3 is 5.73 Å². The molecule has 2 aromatic heterocycles. The first kappa shape index (κ1) is 8.90. The van der Waals surface area contributed by atoms with Crippen molar-refractivity contribution in [2.24, 2.45) is 4.99 Å². The third kappa shape index (κ3) is 1.29. The van der Waals surface area contributed by atoms with E-state index in [9.17, 15) is 0 Å². The lowest BCUT2D eigenvalue weighted by Crippen LogP contribution is -1.91. The number of nitrogen functional groups attached to an aromatic ring is 1. The van der Waals surface area contributed by atoms with Crippen LogP contribution in [0.25, 0.3) is 11.0 Å². The van der Waals surface area contributed by atoms with E-state index in [2.05, 4.69) is 21.7 Å². The van der Waals surface area contributed by atoms with E-state index in [1.54, 1.807) is 12.1 Å². The van der Waals surface area contributed by atoms with Crippen LogP contribution in [-0.4, -0.2) is 16.7 Å². The SMILES string of the molecule is C=Nc1c(N)cnc2ccc(Cl)nc12. The molecule has 2 aromatic rings. The number of anilines is 1. The lowest BCUT2D eigenvalue weighted by molar-refractivity contribution is 1.33. The maximum absolute atomic E-state index is 5.76. The van der Waals surface area contributed by atoms with Crippen LogP contribution in [0.3, 0.4) is 0 Å². The van der Waals surface area contributed by atoms with E-state index in [0.717, 1.165) is 0 Å². The summed E-state index contributed by atoms with van der Waals surface area (Å²) in [6, 6.07) is 3.43. The van der Waals surface area contributed by atoms with Crippen LogP contribution in [0.5, 0.6) is 0 Å². The molecule has 0 saturated carbocycles. The zero-order valence-electron chi connectivity index (χ0n) is 7.24. The minimum atomic E-state index is 0.384. The number of hydrogen-bond donors (Lipinski definition) is 1. The van der Waals surface area contributed by atoms with Crippen LogP contribution >= 0.6 is 11.6 Å². The van der Waals surface area contributed by atoms with E-state index < -0.39 is 0 Å². The highest BCUT2D eigenvalue weighted by Crippen LogP contribution is 2.29. The largest absolute Gasteiger partial charge is 0.396 e. The van der Waals surface area contributed by atoms with Gasteiger partial charge >= 0.3 is 0 Å². The van der Waals surface area contributed by atoms with Crippen LogP contribution in [0.15, 0.2) is 23.3 Å². The van der Waals surface area contributed by atoms with E-state index >= 15 is 0 Å². The van der Waals surface area contributed by atoms with Gasteiger partial charge in [0.15, 0.2) is 0 Å². The van der Waals surface area contributed by atoms with Crippen LogP contribution in [0, 0.1) is 0 Å². The van der Waals surface area contributed by atoms with Gasteiger partial charge in [0, 0.05) is 0 Å². The maximum atomic E-state index is 5.76. The first-order chi connectivity index (χ1) is 6.72. The number of aromatic nitrogens is 2. The summed E-state index contributed by atoms with van der Waals surface area (Å²) < 4.78 is 0. The molecule has 2 heterocycles. The zero-order valence-corrected chi connectivity index (χ0v) is 7.99. The summed E-state index contributed by atoms with van der Waals surface area (Å²) in [7, 11) is 0. The first-order valence-corrected chi connectivity index (χ1v) is 4.27. The van der Waals surface area contributed by atoms with Crippen LogP contribution in [0.2, 0.25) is 5.15 Å². The van der Waals surface area contributed by atoms with Crippen molar-refractivity contribution in [1.82, 2.24) is 9.97 Å². The zero-order chi connectivity index (χ0) is 10.1. The quantitative estimate of drug-likeness (QED) is 0.575. The fourth-order valence-electron chi connectivity index (χ4n) is 1.21. The lowest BCUT2D eigenvalue weighted by Gasteiger charge is -2.03. The smallest absolute Gasteiger partial charge is 0.130 e. The second-order valence-electron chi connectivity index (χ2n) is 2.72. The molecular formula is C9H7ClN4. The molecule has 2 rings (SSSR count). The fourth-order valence-corrected chi connectivity index (χ4v) is 1.36. The molecule has 2 N–H and O–H groups in total. The Hall–Kier alpha value is -1.68. The highest BCUT2D eigenvalue weighted by atomic mass is 35.5. The monoisotopic (exact) mass is 206 g/mol. The molecule has 5 heteroatoms. The Labute approximate surface area is 85.5 Å². The van der Waals surface area contributed by atoms with Crippen molar-refractivity contribution in [3.63, 3.8) is 0 Å². The Bertz CT molecular complexity index is 504. The van der Waals surface area contributed by atoms with Crippen molar-refractivity contribution in [1.29, 1.82) is 0 Å². The molecule has 14 heavy (non-hydrogen) atoms.